The van der Waals surface area contributed by atoms with Gasteiger partial charge in [-0.1, -0.05) is 30.3 Å². The second-order valence-corrected chi connectivity index (χ2v) is 7.80. The predicted octanol–water partition coefficient (Wildman–Crippen LogP) is 5.33. The molecule has 0 saturated carbocycles. The van der Waals surface area contributed by atoms with E-state index in [0.29, 0.717) is 31.1 Å². The van der Waals surface area contributed by atoms with E-state index in [-0.39, 0.29) is 35.5 Å². The zero-order valence-electron chi connectivity index (χ0n) is 19.2. The number of methoxy groups -OCH3 is 2. The van der Waals surface area contributed by atoms with Crippen LogP contribution in [0.2, 0.25) is 0 Å². The minimum absolute atomic E-state index is 0.0338. The van der Waals surface area contributed by atoms with E-state index in [1.807, 2.05) is 35.2 Å². The largest absolute Gasteiger partial charge is 0.497 e. The molecule has 0 saturated heterocycles. The first-order valence-electron chi connectivity index (χ1n) is 10.9. The molecule has 0 bridgehead atoms. The van der Waals surface area contributed by atoms with Crippen LogP contribution in [0.1, 0.15) is 39.1 Å². The number of rotatable bonds is 12. The maximum atomic E-state index is 14.2. The van der Waals surface area contributed by atoms with E-state index in [4.69, 9.17) is 9.47 Å². The molecular formula is C27H27F2NO4. The van der Waals surface area contributed by atoms with Crippen molar-refractivity contribution in [2.75, 3.05) is 27.3 Å². The molecule has 0 radical (unpaired) electrons. The fourth-order valence-corrected chi connectivity index (χ4v) is 3.59. The summed E-state index contributed by atoms with van der Waals surface area (Å²) in [7, 11) is 2.90. The number of halogens is 2. The van der Waals surface area contributed by atoms with Crippen LogP contribution in [0.15, 0.2) is 66.7 Å². The van der Waals surface area contributed by atoms with E-state index in [1.54, 1.807) is 0 Å². The Morgan fingerprint density at radius 1 is 0.735 bits per heavy atom. The van der Waals surface area contributed by atoms with Gasteiger partial charge in [0.1, 0.15) is 23.1 Å². The number of Topliss-reactive ketones (excluding diaryl/α,β-unsaturated/α-hetero) is 2. The smallest absolute Gasteiger partial charge is 0.167 e. The van der Waals surface area contributed by atoms with Gasteiger partial charge < -0.3 is 9.47 Å². The van der Waals surface area contributed by atoms with Crippen molar-refractivity contribution < 1.29 is 27.8 Å². The van der Waals surface area contributed by atoms with Crippen LogP contribution in [0, 0.1) is 11.6 Å². The average Bonchev–Trinajstić information content (AvgIpc) is 2.86. The lowest BCUT2D eigenvalue weighted by molar-refractivity contribution is 0.0939. The van der Waals surface area contributed by atoms with Crippen LogP contribution in [0.4, 0.5) is 8.78 Å². The van der Waals surface area contributed by atoms with Gasteiger partial charge in [-0.25, -0.2) is 8.78 Å². The molecule has 0 heterocycles. The molecule has 0 unspecified atom stereocenters. The Bertz CT molecular complexity index is 1070. The highest BCUT2D eigenvalue weighted by Crippen LogP contribution is 2.20. The summed E-state index contributed by atoms with van der Waals surface area (Å²) in [6.45, 7) is 1.10. The zero-order chi connectivity index (χ0) is 24.5. The Labute approximate surface area is 197 Å². The van der Waals surface area contributed by atoms with Gasteiger partial charge in [0.05, 0.1) is 25.3 Å². The summed E-state index contributed by atoms with van der Waals surface area (Å²) in [4.78, 5) is 27.4. The fraction of sp³-hybridized carbons (Fsp3) is 0.259. The first kappa shape index (κ1) is 25.1. The Kier molecular flexibility index (Phi) is 8.87. The molecule has 178 valence electrons. The van der Waals surface area contributed by atoms with Gasteiger partial charge in [0.25, 0.3) is 0 Å². The SMILES string of the molecule is COc1ccc(F)c(C(=O)CCN(CCC(=O)c2cc(OC)ccc2F)Cc2ccccc2)c1. The number of ketones is 2. The molecule has 0 amide bonds. The number of benzene rings is 3. The number of ether oxygens (including phenoxy) is 2. The standard InChI is InChI=1S/C27H27F2NO4/c1-33-20-8-10-24(28)22(16-20)26(31)12-14-30(18-19-6-4-3-5-7-19)15-13-27(32)23-17-21(34-2)9-11-25(23)29/h3-11,16-17H,12-15,18H2,1-2H3. The van der Waals surface area contributed by atoms with E-state index in [2.05, 4.69) is 0 Å². The molecule has 7 heteroatoms. The van der Waals surface area contributed by atoms with Gasteiger partial charge in [-0.3, -0.25) is 14.5 Å². The molecule has 0 aliphatic carbocycles. The number of hydrogen-bond acceptors (Lipinski definition) is 5. The maximum absolute atomic E-state index is 14.2. The van der Waals surface area contributed by atoms with Crippen LogP contribution in [-0.4, -0.2) is 43.8 Å². The minimum atomic E-state index is -0.607. The van der Waals surface area contributed by atoms with Crippen LogP contribution < -0.4 is 9.47 Å². The van der Waals surface area contributed by atoms with Crippen LogP contribution in [0.5, 0.6) is 11.5 Å². The molecule has 0 N–H and O–H groups in total. The van der Waals surface area contributed by atoms with Gasteiger partial charge in [0.15, 0.2) is 11.6 Å². The average molecular weight is 468 g/mol. The van der Waals surface area contributed by atoms with Crippen LogP contribution in [0.25, 0.3) is 0 Å². The van der Waals surface area contributed by atoms with Crippen molar-refractivity contribution in [2.24, 2.45) is 0 Å². The summed E-state index contributed by atoms with van der Waals surface area (Å²) in [6.07, 6.45) is 0.108. The molecule has 0 fully saturated rings. The summed E-state index contributed by atoms with van der Waals surface area (Å²) in [5.41, 5.74) is 0.935. The maximum Gasteiger partial charge on any atom is 0.167 e. The van der Waals surface area contributed by atoms with Crippen molar-refractivity contribution in [2.45, 2.75) is 19.4 Å². The first-order chi connectivity index (χ1) is 16.4. The van der Waals surface area contributed by atoms with Gasteiger partial charge >= 0.3 is 0 Å². The summed E-state index contributed by atoms with van der Waals surface area (Å²) in [5.74, 6) is -1.14. The Balaban J connectivity index is 1.70. The monoisotopic (exact) mass is 467 g/mol. The highest BCUT2D eigenvalue weighted by molar-refractivity contribution is 5.97. The summed E-state index contributed by atoms with van der Waals surface area (Å²) in [5, 5.41) is 0. The lowest BCUT2D eigenvalue weighted by Gasteiger charge is -2.22. The van der Waals surface area contributed by atoms with E-state index in [9.17, 15) is 18.4 Å². The molecule has 5 nitrogen and oxygen atoms in total. The molecule has 3 aromatic rings. The molecule has 0 spiro atoms. The van der Waals surface area contributed by atoms with Gasteiger partial charge in [-0.05, 0) is 42.0 Å². The Morgan fingerprint density at radius 2 is 1.21 bits per heavy atom. The Morgan fingerprint density at radius 3 is 1.65 bits per heavy atom. The van der Waals surface area contributed by atoms with Crippen LogP contribution >= 0.6 is 0 Å². The normalized spacial score (nSPS) is 10.9. The second-order valence-electron chi connectivity index (χ2n) is 7.80. The highest BCUT2D eigenvalue weighted by Gasteiger charge is 2.18. The lowest BCUT2D eigenvalue weighted by Crippen LogP contribution is -2.29. The molecule has 0 aliphatic rings. The van der Waals surface area contributed by atoms with Crippen molar-refractivity contribution in [1.82, 2.24) is 4.90 Å². The Hall–Kier alpha value is -3.58. The summed E-state index contributed by atoms with van der Waals surface area (Å²) < 4.78 is 38.6. The zero-order valence-corrected chi connectivity index (χ0v) is 19.2. The molecule has 0 atom stereocenters. The summed E-state index contributed by atoms with van der Waals surface area (Å²) in [6, 6.07) is 17.7. The van der Waals surface area contributed by atoms with E-state index >= 15 is 0 Å². The van der Waals surface area contributed by atoms with Crippen molar-refractivity contribution in [1.29, 1.82) is 0 Å². The first-order valence-corrected chi connectivity index (χ1v) is 10.9. The van der Waals surface area contributed by atoms with Crippen molar-refractivity contribution in [3.63, 3.8) is 0 Å². The van der Waals surface area contributed by atoms with E-state index < -0.39 is 11.6 Å². The van der Waals surface area contributed by atoms with Gasteiger partial charge in [-0.2, -0.15) is 0 Å². The third kappa shape index (κ3) is 6.71. The third-order valence-corrected chi connectivity index (χ3v) is 5.51. The number of hydrogen-bond donors (Lipinski definition) is 0. The van der Waals surface area contributed by atoms with Crippen molar-refractivity contribution >= 4 is 11.6 Å². The van der Waals surface area contributed by atoms with Crippen molar-refractivity contribution in [3.8, 4) is 11.5 Å². The molecular weight excluding hydrogens is 440 g/mol. The van der Waals surface area contributed by atoms with E-state index in [1.165, 1.54) is 50.6 Å². The van der Waals surface area contributed by atoms with Gasteiger partial charge in [0, 0.05) is 32.5 Å². The quantitative estimate of drug-likeness (QED) is 0.337. The molecule has 3 rings (SSSR count). The molecule has 3 aromatic carbocycles. The van der Waals surface area contributed by atoms with Crippen LogP contribution in [0.3, 0.4) is 0 Å². The van der Waals surface area contributed by atoms with Gasteiger partial charge in [0.2, 0.25) is 0 Å². The highest BCUT2D eigenvalue weighted by atomic mass is 19.1. The topological polar surface area (TPSA) is 55.8 Å². The van der Waals surface area contributed by atoms with E-state index in [0.717, 1.165) is 5.56 Å². The lowest BCUT2D eigenvalue weighted by atomic mass is 10.1. The number of nitrogens with zero attached hydrogens (tertiary/aromatic N) is 1. The second kappa shape index (κ2) is 12.0. The molecule has 34 heavy (non-hydrogen) atoms. The molecule has 0 aromatic heterocycles. The third-order valence-electron chi connectivity index (χ3n) is 5.51. The van der Waals surface area contributed by atoms with Gasteiger partial charge in [-0.15, -0.1) is 0 Å². The fourth-order valence-electron chi connectivity index (χ4n) is 3.59. The number of carbonyl (C=O) groups excluding carboxylic acids is 2. The molecule has 0 aliphatic heterocycles. The predicted molar refractivity (Wildman–Crippen MR) is 126 cm³/mol. The minimum Gasteiger partial charge on any atom is -0.497 e. The summed E-state index contributed by atoms with van der Waals surface area (Å²) >= 11 is 0. The number of carbonyl (C=O) groups is 2. The van der Waals surface area contributed by atoms with Crippen LogP contribution in [-0.2, 0) is 6.54 Å². The van der Waals surface area contributed by atoms with Crippen molar-refractivity contribution in [3.05, 3.63) is 95.1 Å².